The van der Waals surface area contributed by atoms with E-state index in [9.17, 15) is 13.6 Å². The molecule has 63 heavy (non-hydrogen) atoms. The van der Waals surface area contributed by atoms with Crippen molar-refractivity contribution >= 4 is 11.7 Å². The summed E-state index contributed by atoms with van der Waals surface area (Å²) in [6.45, 7) is 0.279. The average Bonchev–Trinajstić information content (AvgIpc) is 4.00. The maximum absolute atomic E-state index is 13.5. The third-order valence-electron chi connectivity index (χ3n) is 9.81. The van der Waals surface area contributed by atoms with Gasteiger partial charge in [-0.3, -0.25) is 19.6 Å². The van der Waals surface area contributed by atoms with Crippen molar-refractivity contribution in [1.82, 2.24) is 35.4 Å². The summed E-state index contributed by atoms with van der Waals surface area (Å²) in [4.78, 5) is 42.2. The Balaban J connectivity index is 0.000000177. The van der Waals surface area contributed by atoms with Crippen molar-refractivity contribution in [2.75, 3.05) is 0 Å². The zero-order valence-electron chi connectivity index (χ0n) is 33.3. The average molecular weight is 838 g/mol. The Labute approximate surface area is 359 Å². The van der Waals surface area contributed by atoms with Crippen LogP contribution in [-0.2, 0) is 11.4 Å². The largest absolute Gasteiger partial charge is 0.409 e. The molecule has 0 saturated carbocycles. The van der Waals surface area contributed by atoms with E-state index in [1.54, 1.807) is 73.3 Å². The standard InChI is InChI=1S/C28H21FN4O2.C21H16FN5O/c29-24-12-10-20(11-13-24)25-26(21-14-16-30-17-15-21)32-27(31-25)22-6-8-23(9-7-22)28(34)33-35-18-19-4-2-1-3-5-19;22-17-7-5-13(6-8-17)18-19(14-9-11-24-12-10-14)26-21(25-18)16-3-1-15(2-4-16)20(23)27-28/h1-17H,18H2,(H,31,32)(H,33,34);1-12,28H,(H2,23,27)(H,25,26). The van der Waals surface area contributed by atoms with Gasteiger partial charge in [0, 0.05) is 69.3 Å². The van der Waals surface area contributed by atoms with Crippen LogP contribution in [-0.4, -0.2) is 46.9 Å². The molecule has 0 radical (unpaired) electrons. The summed E-state index contributed by atoms with van der Waals surface area (Å²) in [5, 5.41) is 11.8. The van der Waals surface area contributed by atoms with Crippen molar-refractivity contribution in [3.05, 3.63) is 205 Å². The fourth-order valence-corrected chi connectivity index (χ4v) is 6.56. The van der Waals surface area contributed by atoms with Gasteiger partial charge in [0.2, 0.25) is 0 Å². The van der Waals surface area contributed by atoms with Gasteiger partial charge in [0.15, 0.2) is 5.84 Å². The number of hydroxylamine groups is 1. The Hall–Kier alpha value is -8.62. The minimum absolute atomic E-state index is 0.0375. The van der Waals surface area contributed by atoms with Crippen molar-refractivity contribution in [3.8, 4) is 67.8 Å². The predicted molar refractivity (Wildman–Crippen MR) is 237 cm³/mol. The number of carbonyl (C=O) groups is 1. The first kappa shape index (κ1) is 41.1. The number of amides is 1. The van der Waals surface area contributed by atoms with Crippen LogP contribution in [0.15, 0.2) is 182 Å². The van der Waals surface area contributed by atoms with Gasteiger partial charge in [-0.2, -0.15) is 0 Å². The molecule has 5 aromatic carbocycles. The van der Waals surface area contributed by atoms with Gasteiger partial charge in [0.1, 0.15) is 23.3 Å². The first-order valence-corrected chi connectivity index (χ1v) is 19.5. The molecular formula is C49H37F2N9O3. The number of aromatic amines is 2. The maximum Gasteiger partial charge on any atom is 0.274 e. The highest BCUT2D eigenvalue weighted by atomic mass is 19.1. The van der Waals surface area contributed by atoms with Gasteiger partial charge in [0.25, 0.3) is 5.91 Å². The fraction of sp³-hybridized carbons (Fsp3) is 0.0204. The summed E-state index contributed by atoms with van der Waals surface area (Å²) < 4.78 is 26.8. The number of rotatable bonds is 11. The van der Waals surface area contributed by atoms with Gasteiger partial charge < -0.3 is 20.9 Å². The monoisotopic (exact) mass is 837 g/mol. The Kier molecular flexibility index (Phi) is 12.5. The van der Waals surface area contributed by atoms with E-state index in [0.717, 1.165) is 50.3 Å². The van der Waals surface area contributed by atoms with Crippen molar-refractivity contribution in [2.45, 2.75) is 6.61 Å². The maximum atomic E-state index is 13.5. The molecule has 0 aliphatic heterocycles. The second kappa shape index (κ2) is 19.2. The van der Waals surface area contributed by atoms with Crippen molar-refractivity contribution in [3.63, 3.8) is 0 Å². The molecule has 0 atom stereocenters. The molecule has 0 bridgehead atoms. The minimum atomic E-state index is -0.337. The Morgan fingerprint density at radius 2 is 1.00 bits per heavy atom. The molecular weight excluding hydrogens is 801 g/mol. The Morgan fingerprint density at radius 1 is 0.571 bits per heavy atom. The minimum Gasteiger partial charge on any atom is -0.409 e. The summed E-state index contributed by atoms with van der Waals surface area (Å²) in [5.41, 5.74) is 18.2. The van der Waals surface area contributed by atoms with Gasteiger partial charge in [-0.05, 0) is 90.5 Å². The quantitative estimate of drug-likeness (QED) is 0.0370. The van der Waals surface area contributed by atoms with Crippen LogP contribution >= 0.6 is 0 Å². The molecule has 4 heterocycles. The molecule has 1 amide bonds. The van der Waals surface area contributed by atoms with Crippen LogP contribution in [0.4, 0.5) is 8.78 Å². The fourth-order valence-electron chi connectivity index (χ4n) is 6.56. The van der Waals surface area contributed by atoms with E-state index in [1.807, 2.05) is 78.9 Å². The number of aromatic nitrogens is 6. The van der Waals surface area contributed by atoms with E-state index in [4.69, 9.17) is 25.7 Å². The lowest BCUT2D eigenvalue weighted by molar-refractivity contribution is 0.0233. The van der Waals surface area contributed by atoms with E-state index < -0.39 is 0 Å². The highest BCUT2D eigenvalue weighted by molar-refractivity contribution is 5.97. The molecule has 9 aromatic rings. The van der Waals surface area contributed by atoms with Crippen molar-refractivity contribution in [1.29, 1.82) is 0 Å². The second-order valence-electron chi connectivity index (χ2n) is 13.9. The van der Waals surface area contributed by atoms with Crippen LogP contribution in [0, 0.1) is 11.6 Å². The molecule has 0 saturated heterocycles. The lowest BCUT2D eigenvalue weighted by Crippen LogP contribution is -2.23. The predicted octanol–water partition coefficient (Wildman–Crippen LogP) is 9.85. The number of oxime groups is 1. The van der Waals surface area contributed by atoms with Crippen molar-refractivity contribution < 1.29 is 23.6 Å². The highest BCUT2D eigenvalue weighted by Gasteiger charge is 2.18. The number of carbonyl (C=O) groups excluding carboxylic acids is 1. The molecule has 0 fully saturated rings. The smallest absolute Gasteiger partial charge is 0.274 e. The number of nitrogens with two attached hydrogens (primary N) is 1. The number of nitrogens with zero attached hydrogens (tertiary/aromatic N) is 5. The normalized spacial score (nSPS) is 11.1. The second-order valence-corrected chi connectivity index (χ2v) is 13.9. The van der Waals surface area contributed by atoms with Crippen LogP contribution in [0.3, 0.4) is 0 Å². The van der Waals surface area contributed by atoms with Gasteiger partial charge >= 0.3 is 0 Å². The number of imidazole rings is 2. The topological polar surface area (TPSA) is 180 Å². The lowest BCUT2D eigenvalue weighted by atomic mass is 10.1. The first-order valence-electron chi connectivity index (χ1n) is 19.5. The summed E-state index contributed by atoms with van der Waals surface area (Å²) in [5.74, 6) is 0.368. The number of amidine groups is 1. The Bertz CT molecular complexity index is 2940. The Morgan fingerprint density at radius 3 is 1.44 bits per heavy atom. The van der Waals surface area contributed by atoms with Crippen LogP contribution in [0.5, 0.6) is 0 Å². The van der Waals surface area contributed by atoms with Gasteiger partial charge in [-0.1, -0.05) is 71.9 Å². The number of nitrogens with one attached hydrogen (secondary N) is 3. The summed E-state index contributed by atoms with van der Waals surface area (Å²) in [6.07, 6.45) is 6.82. The third kappa shape index (κ3) is 9.89. The summed E-state index contributed by atoms with van der Waals surface area (Å²) in [6, 6.07) is 43.7. The van der Waals surface area contributed by atoms with Gasteiger partial charge in [-0.15, -0.1) is 0 Å². The van der Waals surface area contributed by atoms with Gasteiger partial charge in [0.05, 0.1) is 29.4 Å². The summed E-state index contributed by atoms with van der Waals surface area (Å²) in [7, 11) is 0. The van der Waals surface area contributed by atoms with Gasteiger partial charge in [-0.25, -0.2) is 24.2 Å². The number of halogens is 2. The number of hydrogen-bond acceptors (Lipinski definition) is 8. The molecule has 12 nitrogen and oxygen atoms in total. The molecule has 9 rings (SSSR count). The number of pyridine rings is 2. The number of benzene rings is 5. The highest BCUT2D eigenvalue weighted by Crippen LogP contribution is 2.34. The summed E-state index contributed by atoms with van der Waals surface area (Å²) >= 11 is 0. The molecule has 0 spiro atoms. The molecule has 310 valence electrons. The zero-order valence-corrected chi connectivity index (χ0v) is 33.3. The zero-order chi connectivity index (χ0) is 43.5. The van der Waals surface area contributed by atoms with E-state index >= 15 is 0 Å². The molecule has 14 heteroatoms. The van der Waals surface area contributed by atoms with Crippen LogP contribution < -0.4 is 11.2 Å². The molecule has 0 aliphatic rings. The van der Waals surface area contributed by atoms with E-state index in [2.05, 4.69) is 30.6 Å². The number of H-pyrrole nitrogens is 2. The van der Waals surface area contributed by atoms with Crippen LogP contribution in [0.1, 0.15) is 21.5 Å². The SMILES string of the molecule is NC(=NO)c1ccc(-c2nc(-c3ccc(F)cc3)c(-c3ccncc3)[nH]2)cc1.O=C(NOCc1ccccc1)c1ccc(-c2nc(-c3ccc(F)cc3)c(-c3ccncc3)[nH]2)cc1. The molecule has 0 unspecified atom stereocenters. The van der Waals surface area contributed by atoms with Crippen LogP contribution in [0.2, 0.25) is 0 Å². The van der Waals surface area contributed by atoms with E-state index in [0.29, 0.717) is 34.2 Å². The molecule has 0 aliphatic carbocycles. The lowest BCUT2D eigenvalue weighted by Gasteiger charge is -2.06. The molecule has 6 N–H and O–H groups in total. The number of hydrogen-bond donors (Lipinski definition) is 5. The third-order valence-corrected chi connectivity index (χ3v) is 9.81. The first-order chi connectivity index (χ1) is 30.8. The van der Waals surface area contributed by atoms with Crippen LogP contribution in [0.25, 0.3) is 67.8 Å². The molecule has 4 aromatic heterocycles. The van der Waals surface area contributed by atoms with E-state index in [1.165, 1.54) is 24.3 Å². The van der Waals surface area contributed by atoms with E-state index in [-0.39, 0.29) is 30.0 Å². The van der Waals surface area contributed by atoms with Crippen molar-refractivity contribution in [2.24, 2.45) is 10.9 Å².